The molecular formula is C36H44FN7O. The highest BCUT2D eigenvalue weighted by Gasteiger charge is 2.30. The van der Waals surface area contributed by atoms with Crippen molar-refractivity contribution in [3.63, 3.8) is 0 Å². The zero-order valence-corrected chi connectivity index (χ0v) is 26.7. The molecule has 1 aliphatic carbocycles. The van der Waals surface area contributed by atoms with Gasteiger partial charge >= 0.3 is 0 Å². The molecule has 1 aromatic carbocycles. The topological polar surface area (TPSA) is 69.5 Å². The normalized spacial score (nSPS) is 20.7. The van der Waals surface area contributed by atoms with Crippen molar-refractivity contribution in [2.45, 2.75) is 77.7 Å². The monoisotopic (exact) mass is 609 g/mol. The Balaban J connectivity index is 1.25. The van der Waals surface area contributed by atoms with Crippen LogP contribution in [0.2, 0.25) is 0 Å². The van der Waals surface area contributed by atoms with Crippen LogP contribution in [0.1, 0.15) is 61.2 Å². The third-order valence-corrected chi connectivity index (χ3v) is 9.72. The van der Waals surface area contributed by atoms with Crippen molar-refractivity contribution in [1.29, 1.82) is 0 Å². The van der Waals surface area contributed by atoms with Crippen molar-refractivity contribution in [3.05, 3.63) is 93.5 Å². The number of nitrogens with zero attached hydrogens (tertiary/aromatic N) is 6. The number of fused-ring (bicyclic) bond motifs is 1. The van der Waals surface area contributed by atoms with Crippen molar-refractivity contribution in [2.75, 3.05) is 42.5 Å². The van der Waals surface area contributed by atoms with E-state index in [2.05, 4.69) is 71.9 Å². The van der Waals surface area contributed by atoms with E-state index in [1.807, 2.05) is 32.3 Å². The third-order valence-electron chi connectivity index (χ3n) is 9.72. The summed E-state index contributed by atoms with van der Waals surface area (Å²) in [5.41, 5.74) is 6.43. The predicted molar refractivity (Wildman–Crippen MR) is 179 cm³/mol. The number of hydrogen-bond donors (Lipinski definition) is 1. The van der Waals surface area contributed by atoms with Crippen LogP contribution in [0.15, 0.2) is 59.8 Å². The number of nitrogens with one attached hydrogen (secondary N) is 1. The molecule has 3 aliphatic rings. The molecule has 0 amide bonds. The minimum absolute atomic E-state index is 0.0627. The number of rotatable bonds is 8. The molecule has 0 bridgehead atoms. The van der Waals surface area contributed by atoms with E-state index in [4.69, 9.17) is 0 Å². The second-order valence-electron chi connectivity index (χ2n) is 13.4. The van der Waals surface area contributed by atoms with Gasteiger partial charge in [0.2, 0.25) is 0 Å². The molecule has 8 nitrogen and oxygen atoms in total. The van der Waals surface area contributed by atoms with Crippen LogP contribution < -0.4 is 20.5 Å². The van der Waals surface area contributed by atoms with Crippen LogP contribution in [0.5, 0.6) is 0 Å². The molecule has 1 N–H and O–H groups in total. The van der Waals surface area contributed by atoms with Gasteiger partial charge in [0.05, 0.1) is 23.1 Å². The zero-order valence-electron chi connectivity index (χ0n) is 26.7. The van der Waals surface area contributed by atoms with E-state index in [1.54, 1.807) is 0 Å². The van der Waals surface area contributed by atoms with Crippen LogP contribution >= 0.6 is 0 Å². The molecule has 5 heterocycles. The molecule has 7 rings (SSSR count). The first-order valence-electron chi connectivity index (χ1n) is 16.5. The van der Waals surface area contributed by atoms with Crippen molar-refractivity contribution >= 4 is 22.3 Å². The number of anilines is 2. The lowest BCUT2D eigenvalue weighted by atomic mass is 10.0. The van der Waals surface area contributed by atoms with Gasteiger partial charge in [-0.15, -0.1) is 0 Å². The van der Waals surface area contributed by atoms with E-state index < -0.39 is 0 Å². The van der Waals surface area contributed by atoms with Gasteiger partial charge in [-0.1, -0.05) is 0 Å². The van der Waals surface area contributed by atoms with Gasteiger partial charge in [-0.2, -0.15) is 0 Å². The Morgan fingerprint density at radius 3 is 2.60 bits per heavy atom. The number of pyridine rings is 3. The summed E-state index contributed by atoms with van der Waals surface area (Å²) in [4.78, 5) is 30.1. The number of hydrogen-bond acceptors (Lipinski definition) is 7. The maximum atomic E-state index is 15.8. The Morgan fingerprint density at radius 1 is 0.978 bits per heavy atom. The molecule has 1 saturated carbocycles. The molecule has 0 radical (unpaired) electrons. The molecule has 2 saturated heterocycles. The highest BCUT2D eigenvalue weighted by Crippen LogP contribution is 2.38. The highest BCUT2D eigenvalue weighted by molar-refractivity contribution is 5.84. The average molecular weight is 610 g/mol. The van der Waals surface area contributed by atoms with Crippen LogP contribution in [-0.4, -0.2) is 64.2 Å². The Morgan fingerprint density at radius 2 is 1.84 bits per heavy atom. The smallest absolute Gasteiger partial charge is 0.193 e. The Labute approximate surface area is 264 Å². The van der Waals surface area contributed by atoms with Crippen LogP contribution in [0.25, 0.3) is 10.9 Å². The van der Waals surface area contributed by atoms with Crippen LogP contribution in [-0.2, 0) is 13.1 Å². The third kappa shape index (κ3) is 6.47. The Hall–Kier alpha value is -3.82. The minimum Gasteiger partial charge on any atom is -0.369 e. The number of aromatic nitrogens is 3. The van der Waals surface area contributed by atoms with E-state index in [9.17, 15) is 4.79 Å². The van der Waals surface area contributed by atoms with E-state index in [0.717, 1.165) is 86.6 Å². The second-order valence-corrected chi connectivity index (χ2v) is 13.4. The van der Waals surface area contributed by atoms with Crippen molar-refractivity contribution in [3.8, 4) is 0 Å². The number of halogens is 1. The minimum atomic E-state index is -0.313. The van der Waals surface area contributed by atoms with Gasteiger partial charge in [0.15, 0.2) is 5.43 Å². The predicted octanol–water partition coefficient (Wildman–Crippen LogP) is 5.35. The summed E-state index contributed by atoms with van der Waals surface area (Å²) in [6.45, 7) is 11.5. The summed E-state index contributed by atoms with van der Waals surface area (Å²) >= 11 is 0. The fraction of sp³-hybridized carbons (Fsp3) is 0.472. The molecule has 0 spiro atoms. The number of aryl methyl sites for hydroxylation is 2. The van der Waals surface area contributed by atoms with Gasteiger partial charge < -0.3 is 19.7 Å². The van der Waals surface area contributed by atoms with E-state index >= 15 is 4.39 Å². The first-order chi connectivity index (χ1) is 21.8. The highest BCUT2D eigenvalue weighted by atomic mass is 19.1. The molecule has 2 aliphatic heterocycles. The maximum absolute atomic E-state index is 15.8. The molecule has 9 heteroatoms. The van der Waals surface area contributed by atoms with Gasteiger partial charge in [0.25, 0.3) is 0 Å². The lowest BCUT2D eigenvalue weighted by Gasteiger charge is -2.40. The van der Waals surface area contributed by atoms with Crippen molar-refractivity contribution < 1.29 is 4.39 Å². The largest absolute Gasteiger partial charge is 0.369 e. The van der Waals surface area contributed by atoms with Crippen LogP contribution in [0.3, 0.4) is 0 Å². The molecule has 4 aromatic rings. The Kier molecular flexibility index (Phi) is 8.31. The lowest BCUT2D eigenvalue weighted by molar-refractivity contribution is 0.158. The Bertz CT molecular complexity index is 1730. The van der Waals surface area contributed by atoms with Crippen LogP contribution in [0.4, 0.5) is 15.8 Å². The molecule has 3 fully saturated rings. The van der Waals surface area contributed by atoms with Crippen molar-refractivity contribution in [1.82, 2.24) is 24.8 Å². The van der Waals surface area contributed by atoms with Gasteiger partial charge in [0.1, 0.15) is 5.82 Å². The number of piperidine rings is 1. The summed E-state index contributed by atoms with van der Waals surface area (Å²) in [5, 5.41) is 3.93. The first-order valence-corrected chi connectivity index (χ1v) is 16.5. The van der Waals surface area contributed by atoms with E-state index in [0.29, 0.717) is 30.2 Å². The summed E-state index contributed by atoms with van der Waals surface area (Å²) < 4.78 is 18.0. The van der Waals surface area contributed by atoms with E-state index in [-0.39, 0.29) is 23.3 Å². The summed E-state index contributed by atoms with van der Waals surface area (Å²) in [6.07, 6.45) is 10.2. The summed E-state index contributed by atoms with van der Waals surface area (Å²) in [5.74, 6) is -0.313. The molecule has 45 heavy (non-hydrogen) atoms. The van der Waals surface area contributed by atoms with Gasteiger partial charge in [-0.05, 0) is 88.4 Å². The van der Waals surface area contributed by atoms with Gasteiger partial charge in [-0.3, -0.25) is 19.7 Å². The number of benzene rings is 1. The summed E-state index contributed by atoms with van der Waals surface area (Å²) in [7, 11) is 0. The van der Waals surface area contributed by atoms with Gasteiger partial charge in [-0.25, -0.2) is 4.39 Å². The zero-order chi connectivity index (χ0) is 31.1. The van der Waals surface area contributed by atoms with Crippen LogP contribution in [0, 0.1) is 19.7 Å². The van der Waals surface area contributed by atoms with Gasteiger partial charge in [0, 0.05) is 98.7 Å². The quantitative estimate of drug-likeness (QED) is 0.289. The molecule has 236 valence electrons. The SMILES string of the molecule is Cc1ccc(N2CCC[C@H](N(Cc3ccnc(C)c3)Cc3cn(C4CC4)c4cc(N5CCNC(C)C5)c(F)cc4c3=O)C2)cn1. The molecule has 1 unspecified atom stereocenters. The molecule has 2 atom stereocenters. The first kappa shape index (κ1) is 29.9. The fourth-order valence-corrected chi connectivity index (χ4v) is 7.18. The lowest BCUT2D eigenvalue weighted by Crippen LogP contribution is -2.49. The maximum Gasteiger partial charge on any atom is 0.193 e. The number of piperazine rings is 1. The fourth-order valence-electron chi connectivity index (χ4n) is 7.18. The standard InChI is InChI=1S/C36H44FN7O/c1-24-6-7-30(18-40-24)41-13-4-5-31(23-41)43(20-27-10-11-38-25(2)15-27)21-28-22-44(29-8-9-29)34-17-35(33(37)16-32(34)36(28)45)42-14-12-39-26(3)19-42/h6-7,10-11,15-18,22,26,29,31,39H,4-5,8-9,12-14,19-21,23H2,1-3H3/t26?,31-/m0/s1. The molecular weight excluding hydrogens is 565 g/mol. The van der Waals surface area contributed by atoms with Crippen molar-refractivity contribution in [2.24, 2.45) is 0 Å². The summed E-state index contributed by atoms with van der Waals surface area (Å²) in [6, 6.07) is 12.7. The van der Waals surface area contributed by atoms with E-state index in [1.165, 1.54) is 11.6 Å². The molecule has 3 aromatic heterocycles. The second kappa shape index (κ2) is 12.5. The average Bonchev–Trinajstić information content (AvgIpc) is 3.88.